The molecule has 2 fully saturated rings. The molecular formula is C37H38BrN3O3. The number of halogens is 1. The molecule has 0 aromatic heterocycles. The van der Waals surface area contributed by atoms with Gasteiger partial charge < -0.3 is 25.4 Å². The van der Waals surface area contributed by atoms with Crippen LogP contribution in [-0.4, -0.2) is 23.6 Å². The molecule has 0 radical (unpaired) electrons. The zero-order valence-corrected chi connectivity index (χ0v) is 26.4. The molecular weight excluding hydrogens is 614 g/mol. The maximum absolute atomic E-state index is 13.6. The van der Waals surface area contributed by atoms with Gasteiger partial charge in [-0.15, -0.1) is 0 Å². The number of piperidine rings is 1. The second-order valence-corrected chi connectivity index (χ2v) is 13.1. The van der Waals surface area contributed by atoms with Crippen molar-refractivity contribution in [3.05, 3.63) is 118 Å². The van der Waals surface area contributed by atoms with Gasteiger partial charge in [0.2, 0.25) is 0 Å². The molecule has 2 aliphatic carbocycles. The van der Waals surface area contributed by atoms with Crippen LogP contribution in [0, 0.1) is 5.92 Å². The van der Waals surface area contributed by atoms with E-state index in [0.717, 1.165) is 58.4 Å². The third-order valence-corrected chi connectivity index (χ3v) is 10.8. The lowest BCUT2D eigenvalue weighted by Gasteiger charge is -2.58. The zero-order valence-electron chi connectivity index (χ0n) is 24.8. The highest BCUT2D eigenvalue weighted by Gasteiger charge is 2.56. The van der Waals surface area contributed by atoms with Crippen LogP contribution in [0.3, 0.4) is 0 Å². The summed E-state index contributed by atoms with van der Waals surface area (Å²) in [5, 5.41) is 3.60. The first-order chi connectivity index (χ1) is 21.5. The summed E-state index contributed by atoms with van der Waals surface area (Å²) in [6.45, 7) is 1.45. The summed E-state index contributed by atoms with van der Waals surface area (Å²) in [5.74, 6) is 1.20. The predicted octanol–water partition coefficient (Wildman–Crippen LogP) is 8.75. The summed E-state index contributed by atoms with van der Waals surface area (Å²) in [6, 6.07) is 30.4. The third-order valence-electron chi connectivity index (χ3n) is 9.94. The number of anilines is 3. The molecule has 1 saturated carbocycles. The van der Waals surface area contributed by atoms with Gasteiger partial charge >= 0.3 is 6.09 Å². The van der Waals surface area contributed by atoms with E-state index in [1.54, 1.807) is 0 Å². The summed E-state index contributed by atoms with van der Waals surface area (Å²) in [4.78, 5) is 15.6. The number of hydrogen-bond acceptors (Lipinski definition) is 5. The second-order valence-electron chi connectivity index (χ2n) is 12.3. The number of benzene rings is 4. The van der Waals surface area contributed by atoms with E-state index in [4.69, 9.17) is 15.2 Å². The van der Waals surface area contributed by atoms with Gasteiger partial charge in [-0.3, -0.25) is 0 Å². The molecule has 226 valence electrons. The van der Waals surface area contributed by atoms with Crippen LogP contribution in [0.25, 0.3) is 0 Å². The number of fused-ring (bicyclic) bond motifs is 1. The average Bonchev–Trinajstić information content (AvgIpc) is 3.06. The Morgan fingerprint density at radius 3 is 2.39 bits per heavy atom. The number of para-hydroxylation sites is 2. The van der Waals surface area contributed by atoms with E-state index in [9.17, 15) is 4.79 Å². The fourth-order valence-electron chi connectivity index (χ4n) is 7.82. The number of ether oxygens (including phenoxy) is 2. The number of nitrogens with one attached hydrogen (secondary N) is 1. The summed E-state index contributed by atoms with van der Waals surface area (Å²) in [5.41, 5.74) is 13.5. The Labute approximate surface area is 267 Å². The lowest BCUT2D eigenvalue weighted by molar-refractivity contribution is -0.0138. The minimum Gasteiger partial charge on any atom is -0.487 e. The normalized spacial score (nSPS) is 22.0. The first-order valence-corrected chi connectivity index (χ1v) is 16.4. The molecule has 6 nitrogen and oxygen atoms in total. The van der Waals surface area contributed by atoms with Gasteiger partial charge in [0, 0.05) is 22.5 Å². The number of rotatable bonds is 7. The quantitative estimate of drug-likeness (QED) is 0.195. The van der Waals surface area contributed by atoms with Gasteiger partial charge in [0.1, 0.15) is 19.0 Å². The molecule has 0 unspecified atom stereocenters. The fourth-order valence-corrected chi connectivity index (χ4v) is 8.49. The van der Waals surface area contributed by atoms with Crippen molar-refractivity contribution in [2.45, 2.75) is 63.2 Å². The van der Waals surface area contributed by atoms with Crippen molar-refractivity contribution in [1.82, 2.24) is 4.90 Å². The SMILES string of the molecule is Nc1ccccc1Nc1c(OCc2ccccc2)cc2c(c1Br)C[C@@H]1[C@@H]3CCCC[C@]23CCN1C(=O)OCc1ccccc1. The number of carbonyl (C=O) groups is 1. The summed E-state index contributed by atoms with van der Waals surface area (Å²) >= 11 is 4.05. The van der Waals surface area contributed by atoms with Crippen molar-refractivity contribution < 1.29 is 14.3 Å². The van der Waals surface area contributed by atoms with E-state index in [2.05, 4.69) is 39.4 Å². The van der Waals surface area contributed by atoms with Crippen molar-refractivity contribution in [3.8, 4) is 5.75 Å². The molecule has 1 heterocycles. The van der Waals surface area contributed by atoms with Crippen molar-refractivity contribution in [3.63, 3.8) is 0 Å². The van der Waals surface area contributed by atoms with Gasteiger partial charge in [-0.05, 0) is 88.0 Å². The number of hydrogen-bond donors (Lipinski definition) is 2. The lowest BCUT2D eigenvalue weighted by Crippen LogP contribution is -2.62. The summed E-state index contributed by atoms with van der Waals surface area (Å²) in [6.07, 6.45) is 6.10. The maximum Gasteiger partial charge on any atom is 0.410 e. The first-order valence-electron chi connectivity index (χ1n) is 15.6. The standard InChI is InChI=1S/C37H38BrN3O3/c38-34-27-21-32-28-15-9-10-18-37(28,19-20-41(32)36(42)44-24-26-13-5-2-6-14-26)29(27)22-33(43-23-25-11-3-1-4-12-25)35(34)40-31-17-8-7-16-30(31)39/h1-8,11-14,16-17,22,28,32,40H,9-10,15,18-21,23-24,39H2/t28-,32+,37+/m0/s1. The van der Waals surface area contributed by atoms with Crippen LogP contribution in [0.1, 0.15) is 54.4 Å². The van der Waals surface area contributed by atoms with E-state index in [0.29, 0.717) is 24.8 Å². The van der Waals surface area contributed by atoms with E-state index in [1.807, 2.05) is 77.7 Å². The van der Waals surface area contributed by atoms with Crippen LogP contribution in [0.15, 0.2) is 95.5 Å². The minimum atomic E-state index is -0.212. The molecule has 4 aromatic rings. The Kier molecular flexibility index (Phi) is 7.98. The largest absolute Gasteiger partial charge is 0.487 e. The van der Waals surface area contributed by atoms with Crippen molar-refractivity contribution in [1.29, 1.82) is 0 Å². The van der Waals surface area contributed by atoms with Crippen LogP contribution in [0.4, 0.5) is 21.9 Å². The van der Waals surface area contributed by atoms with Crippen molar-refractivity contribution in [2.24, 2.45) is 5.92 Å². The topological polar surface area (TPSA) is 76.8 Å². The number of nitrogens with two attached hydrogens (primary N) is 1. The molecule has 4 aromatic carbocycles. The van der Waals surface area contributed by atoms with Crippen LogP contribution in [0.5, 0.6) is 5.75 Å². The van der Waals surface area contributed by atoms with Crippen molar-refractivity contribution in [2.75, 3.05) is 17.6 Å². The maximum atomic E-state index is 13.6. The van der Waals surface area contributed by atoms with E-state index in [-0.39, 0.29) is 24.2 Å². The van der Waals surface area contributed by atoms with Crippen molar-refractivity contribution >= 4 is 39.1 Å². The molecule has 3 atom stereocenters. The van der Waals surface area contributed by atoms with Crippen LogP contribution in [0.2, 0.25) is 0 Å². The highest BCUT2D eigenvalue weighted by atomic mass is 79.9. The fraction of sp³-hybridized carbons (Fsp3) is 0.324. The van der Waals surface area contributed by atoms with Crippen LogP contribution in [-0.2, 0) is 29.8 Å². The van der Waals surface area contributed by atoms with Crippen LogP contribution >= 0.6 is 15.9 Å². The molecule has 1 amide bonds. The molecule has 1 aliphatic heterocycles. The monoisotopic (exact) mass is 651 g/mol. The lowest BCUT2D eigenvalue weighted by atomic mass is 9.52. The molecule has 1 saturated heterocycles. The van der Waals surface area contributed by atoms with Gasteiger partial charge in [-0.2, -0.15) is 0 Å². The second kappa shape index (κ2) is 12.2. The summed E-state index contributed by atoms with van der Waals surface area (Å²) in [7, 11) is 0. The Bertz CT molecular complexity index is 1650. The third kappa shape index (κ3) is 5.32. The Balaban J connectivity index is 1.26. The Morgan fingerprint density at radius 2 is 1.64 bits per heavy atom. The van der Waals surface area contributed by atoms with Gasteiger partial charge in [-0.25, -0.2) is 4.79 Å². The minimum absolute atomic E-state index is 0.00436. The van der Waals surface area contributed by atoms with Gasteiger partial charge in [0.15, 0.2) is 0 Å². The van der Waals surface area contributed by atoms with E-state index >= 15 is 0 Å². The molecule has 7 heteroatoms. The highest BCUT2D eigenvalue weighted by Crippen LogP contribution is 2.59. The van der Waals surface area contributed by atoms with E-state index < -0.39 is 0 Å². The zero-order chi connectivity index (χ0) is 30.1. The number of nitrogen functional groups attached to an aromatic ring is 1. The molecule has 44 heavy (non-hydrogen) atoms. The molecule has 2 bridgehead atoms. The summed E-state index contributed by atoms with van der Waals surface area (Å²) < 4.78 is 13.5. The number of nitrogens with zero attached hydrogens (tertiary/aromatic N) is 1. The Hall–Kier alpha value is -3.97. The first kappa shape index (κ1) is 28.8. The number of carbonyl (C=O) groups excluding carboxylic acids is 1. The average molecular weight is 653 g/mol. The van der Waals surface area contributed by atoms with Gasteiger partial charge in [-0.1, -0.05) is 85.6 Å². The van der Waals surface area contributed by atoms with Gasteiger partial charge in [0.25, 0.3) is 0 Å². The Morgan fingerprint density at radius 1 is 0.932 bits per heavy atom. The van der Waals surface area contributed by atoms with Gasteiger partial charge in [0.05, 0.1) is 17.1 Å². The molecule has 0 spiro atoms. The number of amides is 1. The molecule has 7 rings (SSSR count). The molecule has 3 aliphatic rings. The predicted molar refractivity (Wildman–Crippen MR) is 178 cm³/mol. The van der Waals surface area contributed by atoms with Crippen LogP contribution < -0.4 is 15.8 Å². The highest BCUT2D eigenvalue weighted by molar-refractivity contribution is 9.10. The number of likely N-dealkylation sites (tertiary alicyclic amines) is 1. The molecule has 3 N–H and O–H groups in total. The smallest absolute Gasteiger partial charge is 0.410 e. The van der Waals surface area contributed by atoms with E-state index in [1.165, 1.54) is 24.0 Å².